The van der Waals surface area contributed by atoms with E-state index >= 15 is 0 Å². The number of ether oxygens (including phenoxy) is 1. The van der Waals surface area contributed by atoms with Crippen molar-refractivity contribution in [3.05, 3.63) is 24.0 Å². The summed E-state index contributed by atoms with van der Waals surface area (Å²) in [5, 5.41) is 0. The fraction of sp³-hybridized carbons (Fsp3) is 0.545. The standard InChI is InChI=1S/C11H16BrNO/c1-3-10(12)5-4-9-6-11(14-2)8-13-7-9/h6-8,10H,3-5H2,1-2H3. The van der Waals surface area contributed by atoms with Gasteiger partial charge >= 0.3 is 0 Å². The van der Waals surface area contributed by atoms with Gasteiger partial charge in [-0.05, 0) is 30.9 Å². The zero-order chi connectivity index (χ0) is 10.4. The van der Waals surface area contributed by atoms with Crippen molar-refractivity contribution in [2.45, 2.75) is 31.0 Å². The smallest absolute Gasteiger partial charge is 0.137 e. The predicted octanol–water partition coefficient (Wildman–Crippen LogP) is 3.20. The van der Waals surface area contributed by atoms with Crippen molar-refractivity contribution in [1.82, 2.24) is 4.98 Å². The van der Waals surface area contributed by atoms with Gasteiger partial charge in [-0.3, -0.25) is 4.98 Å². The van der Waals surface area contributed by atoms with Gasteiger partial charge in [0.2, 0.25) is 0 Å². The largest absolute Gasteiger partial charge is 0.495 e. The number of hydrogen-bond acceptors (Lipinski definition) is 2. The van der Waals surface area contributed by atoms with E-state index < -0.39 is 0 Å². The highest BCUT2D eigenvalue weighted by Crippen LogP contribution is 2.16. The van der Waals surface area contributed by atoms with Gasteiger partial charge in [0, 0.05) is 11.0 Å². The third-order valence-corrected chi connectivity index (χ3v) is 3.30. The van der Waals surface area contributed by atoms with Crippen LogP contribution in [0.25, 0.3) is 0 Å². The summed E-state index contributed by atoms with van der Waals surface area (Å²) in [5.41, 5.74) is 1.24. The first-order chi connectivity index (χ1) is 6.76. The number of pyridine rings is 1. The van der Waals surface area contributed by atoms with Crippen LogP contribution in [0.15, 0.2) is 18.5 Å². The van der Waals surface area contributed by atoms with E-state index in [9.17, 15) is 0 Å². The van der Waals surface area contributed by atoms with E-state index in [-0.39, 0.29) is 0 Å². The average Bonchev–Trinajstić information content (AvgIpc) is 2.26. The topological polar surface area (TPSA) is 22.1 Å². The highest BCUT2D eigenvalue weighted by Gasteiger charge is 2.02. The van der Waals surface area contributed by atoms with Crippen molar-refractivity contribution in [2.75, 3.05) is 7.11 Å². The minimum atomic E-state index is 0.605. The maximum absolute atomic E-state index is 5.11. The zero-order valence-corrected chi connectivity index (χ0v) is 10.3. The summed E-state index contributed by atoms with van der Waals surface area (Å²) < 4.78 is 5.11. The van der Waals surface area contributed by atoms with E-state index in [2.05, 4.69) is 27.8 Å². The Morgan fingerprint density at radius 1 is 1.50 bits per heavy atom. The molecular formula is C11H16BrNO. The molecule has 0 spiro atoms. The number of hydrogen-bond donors (Lipinski definition) is 0. The lowest BCUT2D eigenvalue weighted by Gasteiger charge is -2.07. The summed E-state index contributed by atoms with van der Waals surface area (Å²) >= 11 is 3.62. The number of aryl methyl sites for hydroxylation is 1. The monoisotopic (exact) mass is 257 g/mol. The molecule has 0 radical (unpaired) electrons. The normalized spacial score (nSPS) is 12.5. The van der Waals surface area contributed by atoms with Crippen LogP contribution in [0.1, 0.15) is 25.3 Å². The molecule has 1 atom stereocenters. The molecule has 3 heteroatoms. The van der Waals surface area contributed by atoms with Crippen LogP contribution >= 0.6 is 15.9 Å². The van der Waals surface area contributed by atoms with Crippen LogP contribution in [0.5, 0.6) is 5.75 Å². The molecule has 0 bridgehead atoms. The van der Waals surface area contributed by atoms with E-state index in [4.69, 9.17) is 4.74 Å². The predicted molar refractivity (Wildman–Crippen MR) is 62.1 cm³/mol. The van der Waals surface area contributed by atoms with E-state index in [0.717, 1.165) is 25.0 Å². The molecule has 0 saturated carbocycles. The lowest BCUT2D eigenvalue weighted by Crippen LogP contribution is -1.98. The lowest BCUT2D eigenvalue weighted by atomic mass is 10.1. The van der Waals surface area contributed by atoms with Crippen molar-refractivity contribution in [1.29, 1.82) is 0 Å². The molecule has 14 heavy (non-hydrogen) atoms. The summed E-state index contributed by atoms with van der Waals surface area (Å²) in [5.74, 6) is 0.838. The van der Waals surface area contributed by atoms with E-state index in [1.807, 2.05) is 12.3 Å². The molecule has 0 aliphatic rings. The molecule has 1 unspecified atom stereocenters. The Bertz CT molecular complexity index is 278. The van der Waals surface area contributed by atoms with Gasteiger partial charge in [-0.15, -0.1) is 0 Å². The van der Waals surface area contributed by atoms with E-state index in [0.29, 0.717) is 4.83 Å². The molecule has 1 aromatic rings. The summed E-state index contributed by atoms with van der Waals surface area (Å²) in [7, 11) is 1.67. The molecule has 1 aromatic heterocycles. The van der Waals surface area contributed by atoms with Crippen LogP contribution < -0.4 is 4.74 Å². The number of alkyl halides is 1. The van der Waals surface area contributed by atoms with Crippen LogP contribution in [0.2, 0.25) is 0 Å². The van der Waals surface area contributed by atoms with Crippen molar-refractivity contribution < 1.29 is 4.74 Å². The second-order valence-corrected chi connectivity index (χ2v) is 4.57. The van der Waals surface area contributed by atoms with Gasteiger partial charge in [-0.1, -0.05) is 22.9 Å². The van der Waals surface area contributed by atoms with Gasteiger partial charge in [-0.25, -0.2) is 0 Å². The molecule has 78 valence electrons. The third kappa shape index (κ3) is 3.66. The second-order valence-electron chi connectivity index (χ2n) is 3.28. The number of nitrogens with zero attached hydrogens (tertiary/aromatic N) is 1. The third-order valence-electron chi connectivity index (χ3n) is 2.19. The first-order valence-electron chi connectivity index (χ1n) is 4.88. The maximum Gasteiger partial charge on any atom is 0.137 e. The Morgan fingerprint density at radius 3 is 2.93 bits per heavy atom. The number of aromatic nitrogens is 1. The molecular weight excluding hydrogens is 242 g/mol. The summed E-state index contributed by atoms with van der Waals surface area (Å²) in [6, 6.07) is 2.04. The molecule has 0 saturated heterocycles. The van der Waals surface area contributed by atoms with E-state index in [1.165, 1.54) is 5.56 Å². The van der Waals surface area contributed by atoms with Gasteiger partial charge < -0.3 is 4.74 Å². The molecule has 0 aliphatic carbocycles. The highest BCUT2D eigenvalue weighted by molar-refractivity contribution is 9.09. The Hall–Kier alpha value is -0.570. The Kier molecular flexibility index (Phi) is 4.94. The van der Waals surface area contributed by atoms with Crippen molar-refractivity contribution >= 4 is 15.9 Å². The van der Waals surface area contributed by atoms with Gasteiger partial charge in [0.15, 0.2) is 0 Å². The quantitative estimate of drug-likeness (QED) is 0.756. The summed E-state index contributed by atoms with van der Waals surface area (Å²) in [6.45, 7) is 2.18. The molecule has 0 N–H and O–H groups in total. The Balaban J connectivity index is 2.50. The van der Waals surface area contributed by atoms with Gasteiger partial charge in [0.25, 0.3) is 0 Å². The molecule has 0 aromatic carbocycles. The van der Waals surface area contributed by atoms with Crippen molar-refractivity contribution in [3.63, 3.8) is 0 Å². The van der Waals surface area contributed by atoms with Gasteiger partial charge in [0.05, 0.1) is 13.3 Å². The number of rotatable bonds is 5. The van der Waals surface area contributed by atoms with Crippen LogP contribution in [0.3, 0.4) is 0 Å². The van der Waals surface area contributed by atoms with Crippen LogP contribution in [-0.4, -0.2) is 16.9 Å². The molecule has 2 nitrogen and oxygen atoms in total. The van der Waals surface area contributed by atoms with E-state index in [1.54, 1.807) is 13.3 Å². The highest BCUT2D eigenvalue weighted by atomic mass is 79.9. The minimum absolute atomic E-state index is 0.605. The molecule has 0 amide bonds. The van der Waals surface area contributed by atoms with Crippen LogP contribution in [0.4, 0.5) is 0 Å². The molecule has 0 fully saturated rings. The van der Waals surface area contributed by atoms with Crippen LogP contribution in [0, 0.1) is 0 Å². The van der Waals surface area contributed by atoms with Crippen molar-refractivity contribution in [3.8, 4) is 5.75 Å². The SMILES string of the molecule is CCC(Br)CCc1cncc(OC)c1. The first-order valence-corrected chi connectivity index (χ1v) is 5.79. The molecule has 0 aliphatic heterocycles. The van der Waals surface area contributed by atoms with Gasteiger partial charge in [-0.2, -0.15) is 0 Å². The Morgan fingerprint density at radius 2 is 2.29 bits per heavy atom. The molecule has 1 rings (SSSR count). The van der Waals surface area contributed by atoms with Gasteiger partial charge in [0.1, 0.15) is 5.75 Å². The van der Waals surface area contributed by atoms with Crippen LogP contribution in [-0.2, 0) is 6.42 Å². The lowest BCUT2D eigenvalue weighted by molar-refractivity contribution is 0.412. The maximum atomic E-state index is 5.11. The number of methoxy groups -OCH3 is 1. The number of halogens is 1. The fourth-order valence-corrected chi connectivity index (χ4v) is 1.47. The first kappa shape index (κ1) is 11.5. The second kappa shape index (κ2) is 6.02. The summed E-state index contributed by atoms with van der Waals surface area (Å²) in [6.07, 6.45) is 6.99. The Labute approximate surface area is 93.8 Å². The summed E-state index contributed by atoms with van der Waals surface area (Å²) in [4.78, 5) is 4.72. The minimum Gasteiger partial charge on any atom is -0.495 e. The fourth-order valence-electron chi connectivity index (χ4n) is 1.24. The zero-order valence-electron chi connectivity index (χ0n) is 8.66. The average molecular weight is 258 g/mol. The van der Waals surface area contributed by atoms with Crippen molar-refractivity contribution in [2.24, 2.45) is 0 Å². The molecule has 1 heterocycles.